The summed E-state index contributed by atoms with van der Waals surface area (Å²) in [6.07, 6.45) is 0. The van der Waals surface area contributed by atoms with E-state index in [1.54, 1.807) is 19.1 Å². The molecule has 8 heteroatoms. The maximum Gasteiger partial charge on any atom is 0.337 e. The van der Waals surface area contributed by atoms with Crippen LogP contribution in [0.2, 0.25) is 0 Å². The van der Waals surface area contributed by atoms with E-state index in [9.17, 15) is 23.3 Å². The van der Waals surface area contributed by atoms with Crippen molar-refractivity contribution in [3.63, 3.8) is 0 Å². The van der Waals surface area contributed by atoms with Crippen LogP contribution in [0.1, 0.15) is 15.9 Å². The van der Waals surface area contributed by atoms with Crippen LogP contribution < -0.4 is 0 Å². The number of hydrogen-bond acceptors (Lipinski definition) is 5. The molecule has 22 heavy (non-hydrogen) atoms. The third-order valence-corrected chi connectivity index (χ3v) is 4.85. The fourth-order valence-corrected chi connectivity index (χ4v) is 3.31. The van der Waals surface area contributed by atoms with Gasteiger partial charge >= 0.3 is 5.97 Å². The largest absolute Gasteiger partial charge is 0.478 e. The van der Waals surface area contributed by atoms with Gasteiger partial charge in [-0.3, -0.25) is 10.1 Å². The van der Waals surface area contributed by atoms with Crippen LogP contribution in [0.3, 0.4) is 0 Å². The lowest BCUT2D eigenvalue weighted by atomic mass is 10.2. The molecule has 0 aliphatic rings. The van der Waals surface area contributed by atoms with E-state index >= 15 is 0 Å². The lowest BCUT2D eigenvalue weighted by molar-refractivity contribution is -0.384. The van der Waals surface area contributed by atoms with Gasteiger partial charge in [-0.05, 0) is 25.1 Å². The predicted molar refractivity (Wildman–Crippen MR) is 76.7 cm³/mol. The number of nitro benzene ring substituents is 1. The number of aromatic carboxylic acids is 1. The van der Waals surface area contributed by atoms with Crippen molar-refractivity contribution >= 4 is 21.5 Å². The first-order valence-corrected chi connectivity index (χ1v) is 7.55. The van der Waals surface area contributed by atoms with Crippen molar-refractivity contribution in [1.82, 2.24) is 0 Å². The number of non-ortho nitro benzene ring substituents is 1. The van der Waals surface area contributed by atoms with E-state index in [4.69, 9.17) is 5.11 Å². The number of hydrogen-bond donors (Lipinski definition) is 1. The summed E-state index contributed by atoms with van der Waals surface area (Å²) in [5, 5.41) is 19.8. The summed E-state index contributed by atoms with van der Waals surface area (Å²) in [4.78, 5) is 20.6. The summed E-state index contributed by atoms with van der Waals surface area (Å²) in [5.41, 5.74) is -0.267. The van der Waals surface area contributed by atoms with Crippen LogP contribution >= 0.6 is 0 Å². The zero-order valence-corrected chi connectivity index (χ0v) is 12.2. The first kappa shape index (κ1) is 15.6. The molecule has 0 radical (unpaired) electrons. The molecule has 0 atom stereocenters. The van der Waals surface area contributed by atoms with Gasteiger partial charge in [-0.15, -0.1) is 0 Å². The van der Waals surface area contributed by atoms with Crippen molar-refractivity contribution in [1.29, 1.82) is 0 Å². The van der Waals surface area contributed by atoms with Crippen LogP contribution in [0.25, 0.3) is 0 Å². The molecule has 7 nitrogen and oxygen atoms in total. The summed E-state index contributed by atoms with van der Waals surface area (Å²) in [6, 6.07) is 8.53. The third kappa shape index (κ3) is 2.82. The van der Waals surface area contributed by atoms with Crippen LogP contribution in [0.15, 0.2) is 52.3 Å². The third-order valence-electron chi connectivity index (χ3n) is 3.03. The standard InChI is InChI=1S/C14H11NO6S/c1-9-2-5-11(6-3-9)22(20,21)13-7-4-10(15(18)19)8-12(13)14(16)17/h2-8H,1H3,(H,16,17). The molecule has 0 aliphatic heterocycles. The molecule has 0 amide bonds. The highest BCUT2D eigenvalue weighted by Crippen LogP contribution is 2.27. The second-order valence-electron chi connectivity index (χ2n) is 4.56. The van der Waals surface area contributed by atoms with Crippen molar-refractivity contribution in [3.8, 4) is 0 Å². The summed E-state index contributed by atoms with van der Waals surface area (Å²) >= 11 is 0. The first-order chi connectivity index (χ1) is 10.2. The fraction of sp³-hybridized carbons (Fsp3) is 0.0714. The highest BCUT2D eigenvalue weighted by atomic mass is 32.2. The van der Waals surface area contributed by atoms with Gasteiger partial charge in [-0.1, -0.05) is 17.7 Å². The van der Waals surface area contributed by atoms with E-state index < -0.39 is 36.9 Å². The number of rotatable bonds is 4. The van der Waals surface area contributed by atoms with E-state index in [1.165, 1.54) is 12.1 Å². The Morgan fingerprint density at radius 2 is 1.73 bits per heavy atom. The van der Waals surface area contributed by atoms with Crippen LogP contribution in [-0.4, -0.2) is 24.4 Å². The maximum atomic E-state index is 12.5. The van der Waals surface area contributed by atoms with E-state index in [1.807, 2.05) is 0 Å². The Morgan fingerprint density at radius 3 is 2.23 bits per heavy atom. The number of carbonyl (C=O) groups is 1. The molecule has 0 bridgehead atoms. The minimum Gasteiger partial charge on any atom is -0.478 e. The van der Waals surface area contributed by atoms with Crippen molar-refractivity contribution < 1.29 is 23.2 Å². The maximum absolute atomic E-state index is 12.5. The monoisotopic (exact) mass is 321 g/mol. The van der Waals surface area contributed by atoms with E-state index in [2.05, 4.69) is 0 Å². The van der Waals surface area contributed by atoms with Crippen molar-refractivity contribution in [2.24, 2.45) is 0 Å². The molecule has 0 saturated carbocycles. The molecule has 0 saturated heterocycles. The van der Waals surface area contributed by atoms with Gasteiger partial charge in [-0.2, -0.15) is 0 Å². The highest BCUT2D eigenvalue weighted by Gasteiger charge is 2.26. The molecule has 114 valence electrons. The lowest BCUT2D eigenvalue weighted by Crippen LogP contribution is -2.10. The Balaban J connectivity index is 2.67. The van der Waals surface area contributed by atoms with Crippen LogP contribution in [0.5, 0.6) is 0 Å². The molecule has 0 heterocycles. The molecule has 1 N–H and O–H groups in total. The van der Waals surface area contributed by atoms with E-state index in [0.29, 0.717) is 0 Å². The molecule has 2 rings (SSSR count). The lowest BCUT2D eigenvalue weighted by Gasteiger charge is -2.08. The number of carboxylic acid groups (broad SMARTS) is 1. The topological polar surface area (TPSA) is 115 Å². The Morgan fingerprint density at radius 1 is 1.14 bits per heavy atom. The molecule has 0 aromatic heterocycles. The van der Waals surface area contributed by atoms with Gasteiger partial charge in [0.05, 0.1) is 20.3 Å². The summed E-state index contributed by atoms with van der Waals surface area (Å²) in [5.74, 6) is -1.55. The zero-order chi connectivity index (χ0) is 16.5. The SMILES string of the molecule is Cc1ccc(S(=O)(=O)c2ccc([N+](=O)[O-])cc2C(=O)O)cc1. The number of carboxylic acids is 1. The van der Waals surface area contributed by atoms with E-state index in [-0.39, 0.29) is 4.90 Å². The average molecular weight is 321 g/mol. The predicted octanol–water partition coefficient (Wildman–Crippen LogP) is 2.43. The molecule has 2 aromatic rings. The van der Waals surface area contributed by atoms with Crippen molar-refractivity contribution in [3.05, 3.63) is 63.7 Å². The Hall–Kier alpha value is -2.74. The first-order valence-electron chi connectivity index (χ1n) is 6.07. The van der Waals surface area contributed by atoms with Gasteiger partial charge in [0, 0.05) is 12.1 Å². The smallest absolute Gasteiger partial charge is 0.337 e. The van der Waals surface area contributed by atoms with Gasteiger partial charge < -0.3 is 5.11 Å². The number of sulfone groups is 1. The summed E-state index contributed by atoms with van der Waals surface area (Å²) < 4.78 is 25.0. The van der Waals surface area contributed by atoms with Gasteiger partial charge in [-0.25, -0.2) is 13.2 Å². The van der Waals surface area contributed by atoms with Crippen LogP contribution in [0, 0.1) is 17.0 Å². The zero-order valence-electron chi connectivity index (χ0n) is 11.4. The quantitative estimate of drug-likeness (QED) is 0.683. The molecule has 0 fully saturated rings. The number of nitrogens with zero attached hydrogens (tertiary/aromatic N) is 1. The minimum atomic E-state index is -4.08. The molecule has 2 aromatic carbocycles. The molecular formula is C14H11NO6S. The molecule has 0 aliphatic carbocycles. The number of aryl methyl sites for hydroxylation is 1. The van der Waals surface area contributed by atoms with Crippen molar-refractivity contribution in [2.45, 2.75) is 16.7 Å². The van der Waals surface area contributed by atoms with E-state index in [0.717, 1.165) is 23.8 Å². The summed E-state index contributed by atoms with van der Waals surface area (Å²) in [6.45, 7) is 1.78. The normalized spacial score (nSPS) is 11.1. The highest BCUT2D eigenvalue weighted by molar-refractivity contribution is 7.91. The van der Waals surface area contributed by atoms with Crippen molar-refractivity contribution in [2.75, 3.05) is 0 Å². The second kappa shape index (κ2) is 5.57. The van der Waals surface area contributed by atoms with Gasteiger partial charge in [0.25, 0.3) is 5.69 Å². The summed E-state index contributed by atoms with van der Waals surface area (Å²) in [7, 11) is -4.08. The molecular weight excluding hydrogens is 310 g/mol. The minimum absolute atomic E-state index is 0.0746. The van der Waals surface area contributed by atoms with Gasteiger partial charge in [0.2, 0.25) is 9.84 Å². The number of benzene rings is 2. The Labute approximate surface area is 125 Å². The Bertz CT molecular complexity index is 855. The fourth-order valence-electron chi connectivity index (χ4n) is 1.88. The van der Waals surface area contributed by atoms with Crippen LogP contribution in [0.4, 0.5) is 5.69 Å². The van der Waals surface area contributed by atoms with Crippen LogP contribution in [-0.2, 0) is 9.84 Å². The van der Waals surface area contributed by atoms with Gasteiger partial charge in [0.15, 0.2) is 0 Å². The average Bonchev–Trinajstić information content (AvgIpc) is 2.46. The molecule has 0 spiro atoms. The molecule has 0 unspecified atom stereocenters. The Kier molecular flexibility index (Phi) is 3.96. The van der Waals surface area contributed by atoms with Gasteiger partial charge in [0.1, 0.15) is 0 Å². The number of nitro groups is 1. The second-order valence-corrected chi connectivity index (χ2v) is 6.48.